The van der Waals surface area contributed by atoms with Crippen LogP contribution in [0.5, 0.6) is 0 Å². The summed E-state index contributed by atoms with van der Waals surface area (Å²) in [5.74, 6) is 1.18. The first-order valence-corrected chi connectivity index (χ1v) is 8.07. The second-order valence-electron chi connectivity index (χ2n) is 7.38. The van der Waals surface area contributed by atoms with Crippen molar-refractivity contribution in [3.63, 3.8) is 0 Å². The van der Waals surface area contributed by atoms with E-state index in [1.807, 2.05) is 20.8 Å². The smallest absolute Gasteiger partial charge is 0.307 e. The van der Waals surface area contributed by atoms with Crippen molar-refractivity contribution in [1.82, 2.24) is 5.32 Å². The Hall–Kier alpha value is -1.90. The zero-order chi connectivity index (χ0) is 17.3. The van der Waals surface area contributed by atoms with E-state index >= 15 is 0 Å². The Morgan fingerprint density at radius 3 is 2.43 bits per heavy atom. The SMILES string of the molecule is C#CCCC1(CCNC(=O)[C@]2(C)CC[C@H](C(=O)O)C2(C)C)N=N1. The summed E-state index contributed by atoms with van der Waals surface area (Å²) in [6.45, 7) is 6.09. The Morgan fingerprint density at radius 2 is 1.96 bits per heavy atom. The number of aliphatic carboxylic acids is 1. The lowest BCUT2D eigenvalue weighted by atomic mass is 9.65. The van der Waals surface area contributed by atoms with Gasteiger partial charge in [0, 0.05) is 25.8 Å². The molecule has 0 aromatic rings. The summed E-state index contributed by atoms with van der Waals surface area (Å²) in [4.78, 5) is 24.1. The number of carboxylic acids is 1. The van der Waals surface area contributed by atoms with Gasteiger partial charge in [0.25, 0.3) is 0 Å². The summed E-state index contributed by atoms with van der Waals surface area (Å²) in [6, 6.07) is 0. The molecule has 1 aliphatic carbocycles. The van der Waals surface area contributed by atoms with E-state index in [0.29, 0.717) is 38.6 Å². The predicted octanol–water partition coefficient (Wildman–Crippen LogP) is 2.60. The first-order chi connectivity index (χ1) is 10.7. The molecule has 0 aromatic heterocycles. The van der Waals surface area contributed by atoms with E-state index in [4.69, 9.17) is 6.42 Å². The molecule has 6 heteroatoms. The number of hydrogen-bond donors (Lipinski definition) is 2. The Labute approximate surface area is 137 Å². The normalized spacial score (nSPS) is 29.7. The Balaban J connectivity index is 1.91. The number of hydrogen-bond acceptors (Lipinski definition) is 4. The average Bonchev–Trinajstić information content (AvgIpc) is 3.19. The first-order valence-electron chi connectivity index (χ1n) is 8.07. The largest absolute Gasteiger partial charge is 0.481 e. The molecule has 2 N–H and O–H groups in total. The molecule has 126 valence electrons. The second-order valence-corrected chi connectivity index (χ2v) is 7.38. The maximum absolute atomic E-state index is 12.7. The van der Waals surface area contributed by atoms with Crippen LogP contribution in [0.25, 0.3) is 0 Å². The van der Waals surface area contributed by atoms with Crippen LogP contribution in [-0.4, -0.2) is 29.2 Å². The van der Waals surface area contributed by atoms with Gasteiger partial charge in [-0.2, -0.15) is 10.2 Å². The fraction of sp³-hybridized carbons (Fsp3) is 0.765. The molecule has 0 unspecified atom stereocenters. The van der Waals surface area contributed by atoms with E-state index in [1.54, 1.807) is 0 Å². The maximum atomic E-state index is 12.7. The summed E-state index contributed by atoms with van der Waals surface area (Å²) in [6.07, 6.45) is 8.34. The van der Waals surface area contributed by atoms with Crippen LogP contribution in [0.15, 0.2) is 10.2 Å². The van der Waals surface area contributed by atoms with Crippen molar-refractivity contribution in [1.29, 1.82) is 0 Å². The van der Waals surface area contributed by atoms with Crippen molar-refractivity contribution in [2.45, 2.75) is 58.5 Å². The fourth-order valence-corrected chi connectivity index (χ4v) is 3.58. The molecule has 2 atom stereocenters. The molecule has 0 bridgehead atoms. The number of nitrogens with zero attached hydrogens (tertiary/aromatic N) is 2. The minimum atomic E-state index is -0.824. The topological polar surface area (TPSA) is 91.1 Å². The standard InChI is InChI=1S/C17H25N3O3/c1-5-6-8-17(19-20-17)10-11-18-14(23)16(4)9-7-12(13(21)22)15(16,2)3/h1,12H,6-11H2,2-4H3,(H,18,23)(H,21,22)/t12-,16+/m1/s1. The molecule has 1 heterocycles. The highest BCUT2D eigenvalue weighted by Gasteiger charge is 2.58. The lowest BCUT2D eigenvalue weighted by Crippen LogP contribution is -2.48. The van der Waals surface area contributed by atoms with Crippen LogP contribution < -0.4 is 5.32 Å². The van der Waals surface area contributed by atoms with Gasteiger partial charge >= 0.3 is 5.97 Å². The lowest BCUT2D eigenvalue weighted by Gasteiger charge is -2.39. The highest BCUT2D eigenvalue weighted by atomic mass is 16.4. The van der Waals surface area contributed by atoms with Crippen LogP contribution in [0.1, 0.15) is 52.9 Å². The lowest BCUT2D eigenvalue weighted by molar-refractivity contribution is -0.148. The third kappa shape index (κ3) is 3.10. The van der Waals surface area contributed by atoms with Gasteiger partial charge in [0.2, 0.25) is 5.91 Å². The summed E-state index contributed by atoms with van der Waals surface area (Å²) in [5.41, 5.74) is -1.67. The number of carbonyl (C=O) groups is 2. The Kier molecular flexibility index (Phi) is 4.52. The van der Waals surface area contributed by atoms with Crippen LogP contribution in [0.3, 0.4) is 0 Å². The predicted molar refractivity (Wildman–Crippen MR) is 85.5 cm³/mol. The molecule has 1 saturated carbocycles. The van der Waals surface area contributed by atoms with Crippen molar-refractivity contribution >= 4 is 11.9 Å². The van der Waals surface area contributed by atoms with Gasteiger partial charge < -0.3 is 10.4 Å². The number of carboxylic acid groups (broad SMARTS) is 1. The van der Waals surface area contributed by atoms with Gasteiger partial charge in [-0.25, -0.2) is 0 Å². The molecular formula is C17H25N3O3. The molecule has 6 nitrogen and oxygen atoms in total. The van der Waals surface area contributed by atoms with Crippen molar-refractivity contribution in [2.75, 3.05) is 6.54 Å². The molecule has 2 aliphatic rings. The summed E-state index contributed by atoms with van der Waals surface area (Å²) < 4.78 is 0. The molecule has 0 radical (unpaired) electrons. The van der Waals surface area contributed by atoms with Crippen LogP contribution >= 0.6 is 0 Å². The highest BCUT2D eigenvalue weighted by Crippen LogP contribution is 2.56. The second kappa shape index (κ2) is 5.95. The minimum absolute atomic E-state index is 0.0843. The van der Waals surface area contributed by atoms with Gasteiger partial charge in [-0.3, -0.25) is 9.59 Å². The monoisotopic (exact) mass is 319 g/mol. The van der Waals surface area contributed by atoms with E-state index < -0.39 is 28.4 Å². The number of rotatable bonds is 7. The Bertz CT molecular complexity index is 570. The third-order valence-electron chi connectivity index (χ3n) is 5.89. The molecule has 1 amide bonds. The van der Waals surface area contributed by atoms with E-state index in [2.05, 4.69) is 21.5 Å². The number of carbonyl (C=O) groups excluding carboxylic acids is 1. The summed E-state index contributed by atoms with van der Waals surface area (Å²) in [7, 11) is 0. The van der Waals surface area contributed by atoms with Gasteiger partial charge in [0.05, 0.1) is 11.3 Å². The van der Waals surface area contributed by atoms with Crippen molar-refractivity contribution < 1.29 is 14.7 Å². The van der Waals surface area contributed by atoms with Crippen LogP contribution in [0.4, 0.5) is 0 Å². The Morgan fingerprint density at radius 1 is 1.30 bits per heavy atom. The average molecular weight is 319 g/mol. The number of terminal acetylenes is 1. The zero-order valence-electron chi connectivity index (χ0n) is 14.1. The number of nitrogens with one attached hydrogen (secondary N) is 1. The van der Waals surface area contributed by atoms with E-state index in [0.717, 1.165) is 0 Å². The third-order valence-corrected chi connectivity index (χ3v) is 5.89. The molecule has 23 heavy (non-hydrogen) atoms. The minimum Gasteiger partial charge on any atom is -0.481 e. The zero-order valence-corrected chi connectivity index (χ0v) is 14.1. The molecule has 0 spiro atoms. The van der Waals surface area contributed by atoms with Gasteiger partial charge in [-0.15, -0.1) is 12.3 Å². The van der Waals surface area contributed by atoms with Gasteiger partial charge in [0.15, 0.2) is 5.66 Å². The quantitative estimate of drug-likeness (QED) is 0.707. The van der Waals surface area contributed by atoms with Crippen molar-refractivity contribution in [3.8, 4) is 12.3 Å². The summed E-state index contributed by atoms with van der Waals surface area (Å²) in [5, 5.41) is 20.4. The first kappa shape index (κ1) is 17.5. The molecule has 1 aliphatic heterocycles. The molecule has 2 rings (SSSR count). The van der Waals surface area contributed by atoms with Gasteiger partial charge in [-0.1, -0.05) is 20.8 Å². The molecular weight excluding hydrogens is 294 g/mol. The molecule has 0 saturated heterocycles. The van der Waals surface area contributed by atoms with Gasteiger partial charge in [-0.05, 0) is 18.3 Å². The molecule has 1 fully saturated rings. The van der Waals surface area contributed by atoms with Crippen LogP contribution in [0, 0.1) is 29.1 Å². The van der Waals surface area contributed by atoms with E-state index in [-0.39, 0.29) is 5.91 Å². The molecule has 0 aromatic carbocycles. The van der Waals surface area contributed by atoms with Crippen molar-refractivity contribution in [2.24, 2.45) is 27.0 Å². The fourth-order valence-electron chi connectivity index (χ4n) is 3.58. The van der Waals surface area contributed by atoms with Crippen molar-refractivity contribution in [3.05, 3.63) is 0 Å². The van der Waals surface area contributed by atoms with Crippen LogP contribution in [0.2, 0.25) is 0 Å². The highest BCUT2D eigenvalue weighted by molar-refractivity contribution is 5.85. The van der Waals surface area contributed by atoms with E-state index in [1.165, 1.54) is 0 Å². The van der Waals surface area contributed by atoms with Gasteiger partial charge in [0.1, 0.15) is 0 Å². The summed E-state index contributed by atoms with van der Waals surface area (Å²) >= 11 is 0. The number of amides is 1. The maximum Gasteiger partial charge on any atom is 0.307 e. The van der Waals surface area contributed by atoms with E-state index in [9.17, 15) is 14.7 Å². The van der Waals surface area contributed by atoms with Crippen LogP contribution in [-0.2, 0) is 9.59 Å².